The van der Waals surface area contributed by atoms with Crippen LogP contribution in [0.4, 0.5) is 0 Å². The van der Waals surface area contributed by atoms with E-state index in [1.165, 1.54) is 17.3 Å². The smallest absolute Gasteiger partial charge is 0.230 e. The largest absolute Gasteiger partial charge is 0.355 e. The number of benzene rings is 1. The summed E-state index contributed by atoms with van der Waals surface area (Å²) in [6, 6.07) is 16.1. The van der Waals surface area contributed by atoms with E-state index in [4.69, 9.17) is 0 Å². The number of carbonyl (C=O) groups excluding carboxylic acids is 1. The molecule has 0 radical (unpaired) electrons. The zero-order valence-corrected chi connectivity index (χ0v) is 13.8. The van der Waals surface area contributed by atoms with Crippen molar-refractivity contribution in [2.45, 2.75) is 18.0 Å². The molecule has 0 aliphatic carbocycles. The number of carbonyl (C=O) groups is 1. The van der Waals surface area contributed by atoms with E-state index >= 15 is 0 Å². The molecule has 1 N–H and O–H groups in total. The van der Waals surface area contributed by atoms with Gasteiger partial charge in [0, 0.05) is 12.7 Å². The molecule has 23 heavy (non-hydrogen) atoms. The highest BCUT2D eigenvalue weighted by molar-refractivity contribution is 7.99. The SMILES string of the molecule is CC(CNC(=O)CSc1ncc2ccccn12)c1ccccc1. The Hall–Kier alpha value is -2.27. The molecule has 0 aliphatic heterocycles. The molecular formula is C18H19N3OS. The van der Waals surface area contributed by atoms with Gasteiger partial charge in [0.25, 0.3) is 0 Å². The van der Waals surface area contributed by atoms with Crippen molar-refractivity contribution in [1.82, 2.24) is 14.7 Å². The third-order valence-electron chi connectivity index (χ3n) is 3.71. The fourth-order valence-corrected chi connectivity index (χ4v) is 3.17. The lowest BCUT2D eigenvalue weighted by Crippen LogP contribution is -2.29. The minimum absolute atomic E-state index is 0.0328. The van der Waals surface area contributed by atoms with E-state index in [0.29, 0.717) is 18.2 Å². The molecule has 4 nitrogen and oxygen atoms in total. The molecule has 1 unspecified atom stereocenters. The molecule has 0 saturated heterocycles. The van der Waals surface area contributed by atoms with Crippen molar-refractivity contribution >= 4 is 23.2 Å². The summed E-state index contributed by atoms with van der Waals surface area (Å²) >= 11 is 1.45. The van der Waals surface area contributed by atoms with Gasteiger partial charge in [-0.15, -0.1) is 0 Å². The highest BCUT2D eigenvalue weighted by Crippen LogP contribution is 2.18. The third-order valence-corrected chi connectivity index (χ3v) is 4.68. The number of imidazole rings is 1. The maximum atomic E-state index is 12.0. The molecule has 0 fully saturated rings. The number of thioether (sulfide) groups is 1. The van der Waals surface area contributed by atoms with Crippen LogP contribution >= 0.6 is 11.8 Å². The topological polar surface area (TPSA) is 46.4 Å². The average molecular weight is 325 g/mol. The van der Waals surface area contributed by atoms with Gasteiger partial charge in [-0.25, -0.2) is 4.98 Å². The molecule has 5 heteroatoms. The standard InChI is InChI=1S/C18H19N3OS/c1-14(15-7-3-2-4-8-15)11-19-17(22)13-23-18-20-12-16-9-5-6-10-21(16)18/h2-10,12,14H,11,13H2,1H3,(H,19,22). The van der Waals surface area contributed by atoms with Gasteiger partial charge in [0.2, 0.25) is 5.91 Å². The lowest BCUT2D eigenvalue weighted by Gasteiger charge is -2.12. The van der Waals surface area contributed by atoms with E-state index in [-0.39, 0.29) is 5.91 Å². The van der Waals surface area contributed by atoms with Crippen LogP contribution in [0.2, 0.25) is 0 Å². The summed E-state index contributed by atoms with van der Waals surface area (Å²) in [7, 11) is 0. The van der Waals surface area contributed by atoms with E-state index in [0.717, 1.165) is 10.7 Å². The second-order valence-corrected chi connectivity index (χ2v) is 6.38. The lowest BCUT2D eigenvalue weighted by atomic mass is 10.0. The van der Waals surface area contributed by atoms with Gasteiger partial charge in [0.1, 0.15) is 0 Å². The number of amides is 1. The van der Waals surface area contributed by atoms with Crippen LogP contribution in [0.1, 0.15) is 18.4 Å². The summed E-state index contributed by atoms with van der Waals surface area (Å²) in [5, 5.41) is 3.83. The Balaban J connectivity index is 1.50. The number of nitrogens with one attached hydrogen (secondary N) is 1. The Bertz CT molecular complexity index is 785. The second-order valence-electron chi connectivity index (χ2n) is 5.44. The van der Waals surface area contributed by atoms with Crippen molar-refractivity contribution in [1.29, 1.82) is 0 Å². The molecule has 2 aromatic heterocycles. The molecule has 118 valence electrons. The van der Waals surface area contributed by atoms with Crippen molar-refractivity contribution in [2.75, 3.05) is 12.3 Å². The first-order chi connectivity index (χ1) is 11.2. The van der Waals surface area contributed by atoms with Crippen LogP contribution in [0, 0.1) is 0 Å². The molecule has 0 saturated carbocycles. The maximum Gasteiger partial charge on any atom is 0.230 e. The van der Waals surface area contributed by atoms with Crippen molar-refractivity contribution in [3.8, 4) is 0 Å². The zero-order chi connectivity index (χ0) is 16.1. The minimum atomic E-state index is 0.0328. The predicted molar refractivity (Wildman–Crippen MR) is 93.8 cm³/mol. The normalized spacial score (nSPS) is 12.2. The van der Waals surface area contributed by atoms with Crippen molar-refractivity contribution in [2.24, 2.45) is 0 Å². The van der Waals surface area contributed by atoms with Crippen LogP contribution in [0.5, 0.6) is 0 Å². The highest BCUT2D eigenvalue weighted by atomic mass is 32.2. The van der Waals surface area contributed by atoms with E-state index in [1.54, 1.807) is 0 Å². The first-order valence-electron chi connectivity index (χ1n) is 7.60. The lowest BCUT2D eigenvalue weighted by molar-refractivity contribution is -0.118. The van der Waals surface area contributed by atoms with Gasteiger partial charge in [0.15, 0.2) is 5.16 Å². The summed E-state index contributed by atoms with van der Waals surface area (Å²) in [5.74, 6) is 0.707. The first kappa shape index (κ1) is 15.6. The Kier molecular flexibility index (Phi) is 4.98. The van der Waals surface area contributed by atoms with Crippen molar-refractivity contribution in [3.05, 3.63) is 66.5 Å². The minimum Gasteiger partial charge on any atom is -0.355 e. The second kappa shape index (κ2) is 7.33. The van der Waals surface area contributed by atoms with Crippen LogP contribution in [0.15, 0.2) is 66.1 Å². The van der Waals surface area contributed by atoms with Gasteiger partial charge >= 0.3 is 0 Å². The Labute approximate surface area is 139 Å². The van der Waals surface area contributed by atoms with E-state index < -0.39 is 0 Å². The molecule has 1 amide bonds. The molecular weight excluding hydrogens is 306 g/mol. The Morgan fingerprint density at radius 3 is 2.83 bits per heavy atom. The highest BCUT2D eigenvalue weighted by Gasteiger charge is 2.10. The molecule has 2 heterocycles. The van der Waals surface area contributed by atoms with E-state index in [2.05, 4.69) is 29.4 Å². The van der Waals surface area contributed by atoms with Crippen LogP contribution < -0.4 is 5.32 Å². The van der Waals surface area contributed by atoms with E-state index in [9.17, 15) is 4.79 Å². The number of hydrogen-bond donors (Lipinski definition) is 1. The van der Waals surface area contributed by atoms with Gasteiger partial charge < -0.3 is 5.32 Å². The molecule has 1 atom stereocenters. The summed E-state index contributed by atoms with van der Waals surface area (Å²) in [6.45, 7) is 2.76. The fraction of sp³-hybridized carbons (Fsp3) is 0.222. The number of rotatable bonds is 6. The maximum absolute atomic E-state index is 12.0. The monoisotopic (exact) mass is 325 g/mol. The molecule has 3 rings (SSSR count). The number of pyridine rings is 1. The van der Waals surface area contributed by atoms with Crippen molar-refractivity contribution < 1.29 is 4.79 Å². The van der Waals surface area contributed by atoms with Crippen LogP contribution in [-0.2, 0) is 4.79 Å². The van der Waals surface area contributed by atoms with Crippen LogP contribution in [0.3, 0.4) is 0 Å². The molecule has 3 aromatic rings. The first-order valence-corrected chi connectivity index (χ1v) is 8.59. The predicted octanol–water partition coefficient (Wildman–Crippen LogP) is 3.35. The summed E-state index contributed by atoms with van der Waals surface area (Å²) in [4.78, 5) is 16.4. The van der Waals surface area contributed by atoms with Gasteiger partial charge in [-0.2, -0.15) is 0 Å². The number of fused-ring (bicyclic) bond motifs is 1. The summed E-state index contributed by atoms with van der Waals surface area (Å²) < 4.78 is 1.99. The average Bonchev–Trinajstić information content (AvgIpc) is 3.02. The van der Waals surface area contributed by atoms with Gasteiger partial charge in [-0.1, -0.05) is 55.1 Å². The third kappa shape index (κ3) is 3.93. The summed E-state index contributed by atoms with van der Waals surface area (Å²) in [6.07, 6.45) is 3.78. The molecule has 0 spiro atoms. The van der Waals surface area contributed by atoms with Gasteiger partial charge in [-0.05, 0) is 23.6 Å². The molecule has 1 aromatic carbocycles. The Morgan fingerprint density at radius 1 is 1.22 bits per heavy atom. The Morgan fingerprint density at radius 2 is 2.00 bits per heavy atom. The van der Waals surface area contributed by atoms with Gasteiger partial charge in [0.05, 0.1) is 17.5 Å². The van der Waals surface area contributed by atoms with Crippen molar-refractivity contribution in [3.63, 3.8) is 0 Å². The summed E-state index contributed by atoms with van der Waals surface area (Å²) in [5.41, 5.74) is 2.27. The fourth-order valence-electron chi connectivity index (χ4n) is 2.37. The number of hydrogen-bond acceptors (Lipinski definition) is 3. The van der Waals surface area contributed by atoms with Crippen LogP contribution in [0.25, 0.3) is 5.52 Å². The van der Waals surface area contributed by atoms with Crippen LogP contribution in [-0.4, -0.2) is 27.6 Å². The molecule has 0 bridgehead atoms. The quantitative estimate of drug-likeness (QED) is 0.707. The number of nitrogens with zero attached hydrogens (tertiary/aromatic N) is 2. The molecule has 0 aliphatic rings. The number of aromatic nitrogens is 2. The van der Waals surface area contributed by atoms with E-state index in [1.807, 2.05) is 53.2 Å². The van der Waals surface area contributed by atoms with Gasteiger partial charge in [-0.3, -0.25) is 9.20 Å². The zero-order valence-electron chi connectivity index (χ0n) is 13.0.